The number of unbranched alkanes of at least 4 members (excludes halogenated alkanes) is 2. The van der Waals surface area contributed by atoms with Gasteiger partial charge in [-0.3, -0.25) is 14.4 Å². The number of aliphatic hydroxyl groups is 1. The number of nitrogens with zero attached hydrogens (tertiary/aromatic N) is 2. The van der Waals surface area contributed by atoms with Gasteiger partial charge in [-0.05, 0) is 69.6 Å². The Hall–Kier alpha value is -2.97. The lowest BCUT2D eigenvalue weighted by Crippen LogP contribution is -2.56. The number of hydrogen-bond donors (Lipinski definition) is 1. The molecule has 8 nitrogen and oxygen atoms in total. The Morgan fingerprint density at radius 2 is 1.85 bits per heavy atom. The number of esters is 1. The zero-order chi connectivity index (χ0) is 27.8. The number of allylic oxidation sites excluding steroid dienone is 1. The van der Waals surface area contributed by atoms with E-state index >= 15 is 0 Å². The van der Waals surface area contributed by atoms with Crippen LogP contribution in [0.1, 0.15) is 56.6 Å². The van der Waals surface area contributed by atoms with Gasteiger partial charge in [-0.2, -0.15) is 0 Å². The van der Waals surface area contributed by atoms with Crippen LogP contribution >= 0.6 is 0 Å². The molecule has 4 heterocycles. The van der Waals surface area contributed by atoms with Crippen molar-refractivity contribution < 1.29 is 29.0 Å². The second-order valence-electron chi connectivity index (χ2n) is 11.3. The van der Waals surface area contributed by atoms with E-state index in [9.17, 15) is 19.5 Å². The number of ether oxygens (including phenoxy) is 2. The molecule has 4 aliphatic heterocycles. The van der Waals surface area contributed by atoms with E-state index < -0.39 is 35.0 Å². The quantitative estimate of drug-likeness (QED) is 0.325. The largest absolute Gasteiger partial charge is 0.465 e. The van der Waals surface area contributed by atoms with Gasteiger partial charge in [0.25, 0.3) is 5.91 Å². The van der Waals surface area contributed by atoms with Crippen LogP contribution in [0.2, 0.25) is 0 Å². The molecular weight excluding hydrogens is 496 g/mol. The Labute approximate surface area is 230 Å². The Morgan fingerprint density at radius 1 is 1.03 bits per heavy atom. The van der Waals surface area contributed by atoms with Crippen LogP contribution in [0.5, 0.6) is 0 Å². The highest BCUT2D eigenvalue weighted by Crippen LogP contribution is 2.58. The molecule has 1 aromatic carbocycles. The summed E-state index contributed by atoms with van der Waals surface area (Å²) in [4.78, 5) is 45.9. The van der Waals surface area contributed by atoms with E-state index in [0.717, 1.165) is 29.7 Å². The first-order chi connectivity index (χ1) is 18.8. The van der Waals surface area contributed by atoms with Gasteiger partial charge in [-0.25, -0.2) is 0 Å². The minimum Gasteiger partial charge on any atom is -0.465 e. The molecule has 2 saturated heterocycles. The van der Waals surface area contributed by atoms with E-state index in [1.54, 1.807) is 9.80 Å². The molecule has 0 aromatic heterocycles. The summed E-state index contributed by atoms with van der Waals surface area (Å²) in [6.07, 6.45) is 11.7. The lowest BCUT2D eigenvalue weighted by atomic mass is 9.73. The molecule has 1 spiro atoms. The van der Waals surface area contributed by atoms with E-state index in [1.807, 2.05) is 63.3 Å². The first-order valence-corrected chi connectivity index (χ1v) is 14.3. The number of aliphatic hydroxyl groups excluding tert-OH is 1. The summed E-state index contributed by atoms with van der Waals surface area (Å²) in [7, 11) is 0. The smallest absolute Gasteiger partial charge is 0.313 e. The van der Waals surface area contributed by atoms with Crippen molar-refractivity contribution in [1.29, 1.82) is 0 Å². The van der Waals surface area contributed by atoms with Crippen LogP contribution in [0.25, 0.3) is 0 Å². The van der Waals surface area contributed by atoms with Crippen LogP contribution < -0.4 is 4.90 Å². The van der Waals surface area contributed by atoms with Crippen molar-refractivity contribution in [3.8, 4) is 0 Å². The zero-order valence-corrected chi connectivity index (χ0v) is 23.2. The first-order valence-electron chi connectivity index (χ1n) is 14.3. The molecule has 1 unspecified atom stereocenters. The standard InChI is InChI=1S/C31H40N2O6/c1-4-30-14-7-5-10-19-38-29(37)25(30)24-27(35)33(16-8-6-9-18-34)26-28(36)32(17-11-15-31(24,26)39-30)23-20-21(2)12-13-22(23)3/h7,11-15,20,24-26,34H,4-6,8-10,16-19H2,1-3H3/b14-7-/t24-,25-,26?,30+,31-/m0/s1. The van der Waals surface area contributed by atoms with E-state index in [2.05, 4.69) is 0 Å². The Balaban J connectivity index is 1.63. The molecule has 5 rings (SSSR count). The summed E-state index contributed by atoms with van der Waals surface area (Å²) < 4.78 is 12.7. The number of benzene rings is 1. The fourth-order valence-electron chi connectivity index (χ4n) is 6.91. The van der Waals surface area contributed by atoms with Gasteiger partial charge in [0.15, 0.2) is 0 Å². The van der Waals surface area contributed by atoms with Gasteiger partial charge in [0.1, 0.15) is 23.2 Å². The number of fused-ring (bicyclic) bond motifs is 2. The Bertz CT molecular complexity index is 1190. The molecule has 2 fully saturated rings. The molecule has 4 aliphatic rings. The fraction of sp³-hybridized carbons (Fsp3) is 0.581. The lowest BCUT2D eigenvalue weighted by molar-refractivity contribution is -0.159. The van der Waals surface area contributed by atoms with Gasteiger partial charge >= 0.3 is 5.97 Å². The number of likely N-dealkylation sites (tertiary alicyclic amines) is 1. The minimum atomic E-state index is -1.29. The molecule has 0 saturated carbocycles. The molecule has 0 radical (unpaired) electrons. The van der Waals surface area contributed by atoms with E-state index in [-0.39, 0.29) is 25.0 Å². The molecule has 2 amide bonds. The van der Waals surface area contributed by atoms with E-state index in [4.69, 9.17) is 9.47 Å². The SMILES string of the molecule is CC[C@@]12/C=C\CCCOC(=O)[C@@H]1[C@H]1C(=O)N(CCCCCO)C3C(=O)N(c4cc(C)ccc4C)CC=C[C@@]31O2. The second kappa shape index (κ2) is 10.9. The summed E-state index contributed by atoms with van der Waals surface area (Å²) >= 11 is 0. The van der Waals surface area contributed by atoms with E-state index in [1.165, 1.54) is 0 Å². The second-order valence-corrected chi connectivity index (χ2v) is 11.3. The summed E-state index contributed by atoms with van der Waals surface area (Å²) in [5.74, 6) is -2.60. The third-order valence-corrected chi connectivity index (χ3v) is 8.85. The van der Waals surface area contributed by atoms with Gasteiger partial charge in [0, 0.05) is 25.4 Å². The van der Waals surface area contributed by atoms with Gasteiger partial charge in [0.2, 0.25) is 5.91 Å². The summed E-state index contributed by atoms with van der Waals surface area (Å²) in [5, 5.41) is 9.27. The monoisotopic (exact) mass is 536 g/mol. The number of cyclic esters (lactones) is 1. The molecular formula is C31H40N2O6. The highest BCUT2D eigenvalue weighted by molar-refractivity contribution is 6.06. The topological polar surface area (TPSA) is 96.4 Å². The van der Waals surface area contributed by atoms with Crippen LogP contribution in [0.4, 0.5) is 5.69 Å². The average Bonchev–Trinajstić information content (AvgIpc) is 3.29. The third kappa shape index (κ3) is 4.51. The number of carbonyl (C=O) groups is 3. The zero-order valence-electron chi connectivity index (χ0n) is 23.2. The normalized spacial score (nSPS) is 33.0. The number of rotatable bonds is 7. The summed E-state index contributed by atoms with van der Waals surface area (Å²) in [5.41, 5.74) is 0.485. The average molecular weight is 537 g/mol. The number of aryl methyl sites for hydroxylation is 2. The Kier molecular flexibility index (Phi) is 7.71. The minimum absolute atomic E-state index is 0.0778. The van der Waals surface area contributed by atoms with Crippen molar-refractivity contribution in [3.05, 3.63) is 53.6 Å². The van der Waals surface area contributed by atoms with Gasteiger partial charge in [-0.1, -0.05) is 43.4 Å². The molecule has 5 atom stereocenters. The maximum Gasteiger partial charge on any atom is 0.313 e. The molecule has 8 heteroatoms. The number of amides is 2. The maximum atomic E-state index is 14.6. The van der Waals surface area contributed by atoms with E-state index in [0.29, 0.717) is 38.8 Å². The van der Waals surface area contributed by atoms with Crippen LogP contribution in [-0.2, 0) is 23.9 Å². The molecule has 39 heavy (non-hydrogen) atoms. The number of carbonyl (C=O) groups excluding carboxylic acids is 3. The van der Waals surface area contributed by atoms with Crippen molar-refractivity contribution in [3.63, 3.8) is 0 Å². The molecule has 0 bridgehead atoms. The molecule has 210 valence electrons. The third-order valence-electron chi connectivity index (χ3n) is 8.85. The highest BCUT2D eigenvalue weighted by Gasteiger charge is 2.75. The fourth-order valence-corrected chi connectivity index (χ4v) is 6.91. The first kappa shape index (κ1) is 27.6. The van der Waals surface area contributed by atoms with Crippen molar-refractivity contribution in [1.82, 2.24) is 4.90 Å². The molecule has 1 N–H and O–H groups in total. The van der Waals surface area contributed by atoms with Gasteiger partial charge < -0.3 is 24.4 Å². The summed E-state index contributed by atoms with van der Waals surface area (Å²) in [6, 6.07) is 5.10. The number of anilines is 1. The van der Waals surface area contributed by atoms with Gasteiger partial charge in [-0.15, -0.1) is 0 Å². The Morgan fingerprint density at radius 3 is 2.62 bits per heavy atom. The summed E-state index contributed by atoms with van der Waals surface area (Å²) in [6.45, 7) is 6.98. The van der Waals surface area contributed by atoms with Crippen molar-refractivity contribution >= 4 is 23.5 Å². The molecule has 0 aliphatic carbocycles. The van der Waals surface area contributed by atoms with Crippen LogP contribution in [-0.4, -0.2) is 71.3 Å². The highest BCUT2D eigenvalue weighted by atomic mass is 16.6. The van der Waals surface area contributed by atoms with Crippen LogP contribution in [0.15, 0.2) is 42.5 Å². The van der Waals surface area contributed by atoms with Crippen LogP contribution in [0.3, 0.4) is 0 Å². The van der Waals surface area contributed by atoms with Crippen molar-refractivity contribution in [2.24, 2.45) is 11.8 Å². The lowest BCUT2D eigenvalue weighted by Gasteiger charge is -2.38. The van der Waals surface area contributed by atoms with Crippen LogP contribution in [0, 0.1) is 25.7 Å². The number of hydrogen-bond acceptors (Lipinski definition) is 6. The van der Waals surface area contributed by atoms with Gasteiger partial charge in [0.05, 0.1) is 12.5 Å². The predicted molar refractivity (Wildman–Crippen MR) is 147 cm³/mol. The van der Waals surface area contributed by atoms with Crippen molar-refractivity contribution in [2.75, 3.05) is 31.2 Å². The predicted octanol–water partition coefficient (Wildman–Crippen LogP) is 3.62. The maximum absolute atomic E-state index is 14.6. The molecule has 1 aromatic rings. The van der Waals surface area contributed by atoms with Crippen molar-refractivity contribution in [2.45, 2.75) is 76.5 Å².